The second kappa shape index (κ2) is 4.55. The normalized spacial score (nSPS) is 11.4. The summed E-state index contributed by atoms with van der Waals surface area (Å²) >= 11 is 0. The van der Waals surface area contributed by atoms with E-state index in [1.807, 2.05) is 0 Å². The minimum absolute atomic E-state index is 0.0124. The maximum Gasteiger partial charge on any atom is 0.301 e. The summed E-state index contributed by atoms with van der Waals surface area (Å²) in [4.78, 5) is 19.0. The van der Waals surface area contributed by atoms with Crippen LogP contribution in [0.2, 0.25) is 0 Å². The molecule has 1 aromatic rings. The molecule has 0 aliphatic rings. The minimum Gasteiger partial charge on any atom is -0.282 e. The predicted octanol–water partition coefficient (Wildman–Crippen LogP) is 1.67. The Balaban J connectivity index is 4.10. The molecule has 0 unspecified atom stereocenters. The molecule has 1 N–H and O–H groups in total. The van der Waals surface area contributed by atoms with E-state index in [4.69, 9.17) is 4.55 Å². The number of nitro groups is 2. The van der Waals surface area contributed by atoms with Gasteiger partial charge in [0.1, 0.15) is 0 Å². The van der Waals surface area contributed by atoms with Crippen LogP contribution in [0.3, 0.4) is 0 Å². The first kappa shape index (κ1) is 15.0. The number of nitrogens with zero attached hydrogens (tertiary/aromatic N) is 2. The molecule has 0 aromatic heterocycles. The molecule has 19 heavy (non-hydrogen) atoms. The fourth-order valence-corrected chi connectivity index (χ4v) is 2.86. The molecule has 0 spiro atoms. The van der Waals surface area contributed by atoms with Crippen molar-refractivity contribution in [2.24, 2.45) is 0 Å². The summed E-state index contributed by atoms with van der Waals surface area (Å²) in [7, 11) is -4.95. The predicted molar refractivity (Wildman–Crippen MR) is 63.8 cm³/mol. The second-order valence-electron chi connectivity index (χ2n) is 3.89. The van der Waals surface area contributed by atoms with Crippen LogP contribution in [0.1, 0.15) is 16.7 Å². The first-order valence-corrected chi connectivity index (χ1v) is 6.34. The fourth-order valence-electron chi connectivity index (χ4n) is 1.90. The van der Waals surface area contributed by atoms with Gasteiger partial charge in [0.25, 0.3) is 11.4 Å². The van der Waals surface area contributed by atoms with Crippen molar-refractivity contribution in [1.82, 2.24) is 0 Å². The Morgan fingerprint density at radius 2 is 1.26 bits per heavy atom. The molecule has 0 aliphatic carbocycles. The van der Waals surface area contributed by atoms with Gasteiger partial charge in [0.05, 0.1) is 15.4 Å². The number of nitro benzene ring substituents is 2. The van der Waals surface area contributed by atoms with Crippen LogP contribution >= 0.6 is 0 Å². The van der Waals surface area contributed by atoms with Gasteiger partial charge in [-0.2, -0.15) is 8.42 Å². The number of hydrogen-bond donors (Lipinski definition) is 1. The van der Waals surface area contributed by atoms with Crippen LogP contribution in [-0.4, -0.2) is 22.8 Å². The molecular weight excluding hydrogens is 280 g/mol. The maximum atomic E-state index is 11.2. The van der Waals surface area contributed by atoms with Crippen LogP contribution in [0.5, 0.6) is 0 Å². The highest BCUT2D eigenvalue weighted by atomic mass is 32.2. The van der Waals surface area contributed by atoms with E-state index in [2.05, 4.69) is 0 Å². The van der Waals surface area contributed by atoms with Crippen LogP contribution < -0.4 is 0 Å². The van der Waals surface area contributed by atoms with E-state index in [0.717, 1.165) is 6.92 Å². The molecule has 0 saturated heterocycles. The SMILES string of the molecule is Cc1c(C)c([N+](=O)[O-])c(S(=O)(=O)O)c(C)c1[N+](=O)[O-]. The maximum absolute atomic E-state index is 11.2. The Morgan fingerprint density at radius 1 is 0.895 bits per heavy atom. The standard InChI is InChI=1S/C9H10N2O7S/c1-4-5(2)8(11(14)15)9(19(16,17)18)6(3)7(4)10(12)13/h1-3H3,(H,16,17,18). The van der Waals surface area contributed by atoms with E-state index in [1.54, 1.807) is 0 Å². The third-order valence-electron chi connectivity index (χ3n) is 2.81. The largest absolute Gasteiger partial charge is 0.301 e. The molecule has 0 amide bonds. The third kappa shape index (κ3) is 2.39. The quantitative estimate of drug-likeness (QED) is 0.507. The zero-order valence-electron chi connectivity index (χ0n) is 10.2. The van der Waals surface area contributed by atoms with Crippen molar-refractivity contribution < 1.29 is 22.8 Å². The van der Waals surface area contributed by atoms with Gasteiger partial charge in [-0.05, 0) is 20.8 Å². The Hall–Kier alpha value is -2.07. The van der Waals surface area contributed by atoms with E-state index in [-0.39, 0.29) is 11.1 Å². The number of benzene rings is 1. The zero-order chi connectivity index (χ0) is 15.1. The van der Waals surface area contributed by atoms with Crippen molar-refractivity contribution in [1.29, 1.82) is 0 Å². The van der Waals surface area contributed by atoms with Crippen LogP contribution in [0.25, 0.3) is 0 Å². The molecular formula is C9H10N2O7S. The summed E-state index contributed by atoms with van der Waals surface area (Å²) in [5.41, 5.74) is -2.04. The van der Waals surface area contributed by atoms with Crippen LogP contribution in [0.4, 0.5) is 11.4 Å². The summed E-state index contributed by atoms with van der Waals surface area (Å²) in [6, 6.07) is 0. The molecule has 0 radical (unpaired) electrons. The van der Waals surface area contributed by atoms with Gasteiger partial charge in [-0.25, -0.2) is 0 Å². The van der Waals surface area contributed by atoms with E-state index in [9.17, 15) is 28.6 Å². The van der Waals surface area contributed by atoms with Gasteiger partial charge in [-0.15, -0.1) is 0 Å². The monoisotopic (exact) mass is 290 g/mol. The summed E-state index contributed by atoms with van der Waals surface area (Å²) in [6.45, 7) is 3.51. The molecule has 0 aliphatic heterocycles. The molecule has 0 bridgehead atoms. The third-order valence-corrected chi connectivity index (χ3v) is 3.82. The lowest BCUT2D eigenvalue weighted by Crippen LogP contribution is -2.11. The smallest absolute Gasteiger partial charge is 0.282 e. The van der Waals surface area contributed by atoms with Crippen molar-refractivity contribution in [2.75, 3.05) is 0 Å². The van der Waals surface area contributed by atoms with Crippen LogP contribution in [0.15, 0.2) is 4.90 Å². The summed E-state index contributed by atoms with van der Waals surface area (Å²) in [5.74, 6) is 0. The Kier molecular flexibility index (Phi) is 3.59. The van der Waals surface area contributed by atoms with Crippen LogP contribution in [0, 0.1) is 41.0 Å². The molecule has 104 valence electrons. The zero-order valence-corrected chi connectivity index (χ0v) is 11.0. The van der Waals surface area contributed by atoms with Crippen molar-refractivity contribution in [3.05, 3.63) is 36.9 Å². The van der Waals surface area contributed by atoms with E-state index < -0.39 is 41.8 Å². The topological polar surface area (TPSA) is 141 Å². The average molecular weight is 290 g/mol. The van der Waals surface area contributed by atoms with E-state index >= 15 is 0 Å². The Labute approximate surface area is 107 Å². The molecule has 9 nitrogen and oxygen atoms in total. The van der Waals surface area contributed by atoms with Gasteiger partial charge in [0.15, 0.2) is 4.90 Å². The average Bonchev–Trinajstić information content (AvgIpc) is 2.20. The molecule has 0 saturated carbocycles. The van der Waals surface area contributed by atoms with Crippen molar-refractivity contribution in [3.8, 4) is 0 Å². The molecule has 1 aromatic carbocycles. The molecule has 0 fully saturated rings. The lowest BCUT2D eigenvalue weighted by atomic mass is 10.0. The van der Waals surface area contributed by atoms with Crippen LogP contribution in [-0.2, 0) is 10.1 Å². The lowest BCUT2D eigenvalue weighted by molar-refractivity contribution is -0.392. The lowest BCUT2D eigenvalue weighted by Gasteiger charge is -2.10. The van der Waals surface area contributed by atoms with Gasteiger partial charge in [0.2, 0.25) is 0 Å². The second-order valence-corrected chi connectivity index (χ2v) is 5.25. The highest BCUT2D eigenvalue weighted by Gasteiger charge is 2.36. The number of rotatable bonds is 3. The van der Waals surface area contributed by atoms with Crippen molar-refractivity contribution in [3.63, 3.8) is 0 Å². The fraction of sp³-hybridized carbons (Fsp3) is 0.333. The Bertz CT molecular complexity index is 693. The molecule has 0 atom stereocenters. The highest BCUT2D eigenvalue weighted by Crippen LogP contribution is 2.39. The number of hydrogen-bond acceptors (Lipinski definition) is 6. The van der Waals surface area contributed by atoms with Gasteiger partial charge < -0.3 is 0 Å². The Morgan fingerprint density at radius 3 is 1.58 bits per heavy atom. The first-order chi connectivity index (χ1) is 8.50. The summed E-state index contributed by atoms with van der Waals surface area (Å²) in [5, 5.41) is 21.8. The minimum atomic E-state index is -4.95. The molecule has 10 heteroatoms. The van der Waals surface area contributed by atoms with Gasteiger partial charge in [-0.1, -0.05) is 0 Å². The van der Waals surface area contributed by atoms with Crippen molar-refractivity contribution in [2.45, 2.75) is 25.7 Å². The molecule has 0 heterocycles. The van der Waals surface area contributed by atoms with Gasteiger partial charge >= 0.3 is 10.1 Å². The van der Waals surface area contributed by atoms with Gasteiger partial charge in [-0.3, -0.25) is 24.8 Å². The highest BCUT2D eigenvalue weighted by molar-refractivity contribution is 7.86. The van der Waals surface area contributed by atoms with Crippen molar-refractivity contribution >= 4 is 21.5 Å². The van der Waals surface area contributed by atoms with E-state index in [0.29, 0.717) is 0 Å². The molecule has 1 rings (SSSR count). The summed E-state index contributed by atoms with van der Waals surface area (Å²) < 4.78 is 31.6. The summed E-state index contributed by atoms with van der Waals surface area (Å²) in [6.07, 6.45) is 0. The first-order valence-electron chi connectivity index (χ1n) is 4.90. The van der Waals surface area contributed by atoms with Gasteiger partial charge in [0, 0.05) is 11.1 Å². The van der Waals surface area contributed by atoms with E-state index in [1.165, 1.54) is 13.8 Å².